The predicted octanol–water partition coefficient (Wildman–Crippen LogP) is 2.56. The topological polar surface area (TPSA) is 75.3 Å². The highest BCUT2D eigenvalue weighted by molar-refractivity contribution is 5.64. The van der Waals surface area contributed by atoms with Crippen molar-refractivity contribution in [3.8, 4) is 0 Å². The molecule has 0 atom stereocenters. The van der Waals surface area contributed by atoms with E-state index in [1.165, 1.54) is 5.56 Å². The second kappa shape index (κ2) is 5.08. The Morgan fingerprint density at radius 1 is 1.18 bits per heavy atom. The molecule has 0 unspecified atom stereocenters. The number of carbonyl (C=O) groups is 1. The third kappa shape index (κ3) is 3.12. The van der Waals surface area contributed by atoms with Crippen molar-refractivity contribution in [2.24, 2.45) is 0 Å². The molecule has 17 heavy (non-hydrogen) atoms. The lowest BCUT2D eigenvalue weighted by Gasteiger charge is -2.28. The van der Waals surface area contributed by atoms with Gasteiger partial charge in [0.05, 0.1) is 0 Å². The monoisotopic (exact) mass is 234 g/mol. The van der Waals surface area contributed by atoms with Crippen LogP contribution in [0.4, 0.5) is 10.5 Å². The average Bonchev–Trinajstić information content (AvgIpc) is 2.30. The zero-order chi connectivity index (χ0) is 12.3. The average molecular weight is 234 g/mol. The van der Waals surface area contributed by atoms with Crippen LogP contribution in [-0.2, 0) is 0 Å². The van der Waals surface area contributed by atoms with Crippen molar-refractivity contribution in [2.45, 2.75) is 37.6 Å². The van der Waals surface area contributed by atoms with Gasteiger partial charge in [0, 0.05) is 11.7 Å². The molecule has 1 aliphatic carbocycles. The van der Waals surface area contributed by atoms with Crippen LogP contribution < -0.4 is 11.1 Å². The number of amides is 1. The summed E-state index contributed by atoms with van der Waals surface area (Å²) in [5.74, 6) is 0.544. The fraction of sp³-hybridized carbons (Fsp3) is 0.462. The van der Waals surface area contributed by atoms with E-state index in [-0.39, 0.29) is 6.04 Å². The van der Waals surface area contributed by atoms with E-state index in [2.05, 4.69) is 17.4 Å². The van der Waals surface area contributed by atoms with Crippen molar-refractivity contribution >= 4 is 11.8 Å². The van der Waals surface area contributed by atoms with E-state index in [4.69, 9.17) is 10.8 Å². The fourth-order valence-electron chi connectivity index (χ4n) is 2.51. The molecule has 0 spiro atoms. The zero-order valence-electron chi connectivity index (χ0n) is 9.73. The number of hydrogen-bond donors (Lipinski definition) is 3. The Kier molecular flexibility index (Phi) is 3.52. The van der Waals surface area contributed by atoms with Crippen LogP contribution in [0.3, 0.4) is 0 Å². The molecule has 1 amide bonds. The van der Waals surface area contributed by atoms with Crippen molar-refractivity contribution in [1.29, 1.82) is 0 Å². The highest BCUT2D eigenvalue weighted by Crippen LogP contribution is 2.33. The summed E-state index contributed by atoms with van der Waals surface area (Å²) < 4.78 is 0. The van der Waals surface area contributed by atoms with Gasteiger partial charge in [0.2, 0.25) is 0 Å². The van der Waals surface area contributed by atoms with Crippen LogP contribution in [-0.4, -0.2) is 17.2 Å². The third-order valence-electron chi connectivity index (χ3n) is 3.46. The maximum absolute atomic E-state index is 10.5. The maximum atomic E-state index is 10.5. The Morgan fingerprint density at radius 3 is 2.29 bits per heavy atom. The van der Waals surface area contributed by atoms with Crippen LogP contribution >= 0.6 is 0 Å². The van der Waals surface area contributed by atoms with Gasteiger partial charge >= 0.3 is 6.09 Å². The lowest BCUT2D eigenvalue weighted by atomic mass is 9.82. The van der Waals surface area contributed by atoms with Gasteiger partial charge in [0.15, 0.2) is 0 Å². The molecule has 1 saturated carbocycles. The van der Waals surface area contributed by atoms with Crippen LogP contribution in [0.5, 0.6) is 0 Å². The molecular formula is C13H18N2O2. The Hall–Kier alpha value is -1.71. The van der Waals surface area contributed by atoms with Crippen LogP contribution in [0.2, 0.25) is 0 Å². The van der Waals surface area contributed by atoms with Crippen molar-refractivity contribution in [2.75, 3.05) is 5.73 Å². The number of nitrogens with one attached hydrogen (secondary N) is 1. The molecule has 1 aromatic carbocycles. The second-order valence-electron chi connectivity index (χ2n) is 4.66. The van der Waals surface area contributed by atoms with Crippen molar-refractivity contribution in [3.63, 3.8) is 0 Å². The lowest BCUT2D eigenvalue weighted by molar-refractivity contribution is 0.185. The second-order valence-corrected chi connectivity index (χ2v) is 4.66. The van der Waals surface area contributed by atoms with Crippen molar-refractivity contribution < 1.29 is 9.90 Å². The molecule has 2 rings (SSSR count). The van der Waals surface area contributed by atoms with E-state index in [1.54, 1.807) is 0 Å². The van der Waals surface area contributed by atoms with E-state index in [1.807, 2.05) is 12.1 Å². The van der Waals surface area contributed by atoms with E-state index < -0.39 is 6.09 Å². The first-order valence-electron chi connectivity index (χ1n) is 6.00. The summed E-state index contributed by atoms with van der Waals surface area (Å²) in [4.78, 5) is 10.5. The Labute approximate surface area is 101 Å². The maximum Gasteiger partial charge on any atom is 0.404 e. The molecule has 1 fully saturated rings. The smallest absolute Gasteiger partial charge is 0.404 e. The standard InChI is InChI=1S/C13H18N2O2/c14-11-5-1-9(2-6-11)10-3-7-12(8-4-10)15-13(16)17/h1-2,5-6,10,12,15H,3-4,7-8,14H2,(H,16,17)/t10-,12-. The molecule has 0 aliphatic heterocycles. The normalized spacial score (nSPS) is 24.2. The summed E-state index contributed by atoms with van der Waals surface area (Å²) in [7, 11) is 0. The summed E-state index contributed by atoms with van der Waals surface area (Å²) in [5.41, 5.74) is 7.76. The number of hydrogen-bond acceptors (Lipinski definition) is 2. The molecule has 4 nitrogen and oxygen atoms in total. The van der Waals surface area contributed by atoms with Crippen molar-refractivity contribution in [1.82, 2.24) is 5.32 Å². The molecule has 92 valence electrons. The number of anilines is 1. The highest BCUT2D eigenvalue weighted by Gasteiger charge is 2.23. The molecule has 0 bridgehead atoms. The summed E-state index contributed by atoms with van der Waals surface area (Å²) in [5, 5.41) is 11.2. The van der Waals surface area contributed by atoms with Gasteiger partial charge in [-0.25, -0.2) is 4.79 Å². The summed E-state index contributed by atoms with van der Waals surface area (Å²) in [6.07, 6.45) is 2.99. The number of nitrogen functional groups attached to an aromatic ring is 1. The number of carboxylic acid groups (broad SMARTS) is 1. The molecule has 0 saturated heterocycles. The van der Waals surface area contributed by atoms with Crippen LogP contribution in [0.15, 0.2) is 24.3 Å². The first-order chi connectivity index (χ1) is 8.15. The first-order valence-corrected chi connectivity index (χ1v) is 6.00. The van der Waals surface area contributed by atoms with Gasteiger partial charge in [-0.05, 0) is 49.3 Å². The highest BCUT2D eigenvalue weighted by atomic mass is 16.4. The molecular weight excluding hydrogens is 216 g/mol. The molecule has 0 aromatic heterocycles. The van der Waals surface area contributed by atoms with E-state index >= 15 is 0 Å². The summed E-state index contributed by atoms with van der Waals surface area (Å²) in [6.45, 7) is 0. The van der Waals surface area contributed by atoms with Gasteiger partial charge in [-0.2, -0.15) is 0 Å². The molecule has 1 aliphatic rings. The minimum atomic E-state index is -0.916. The molecule has 4 N–H and O–H groups in total. The van der Waals surface area contributed by atoms with Gasteiger partial charge in [-0.3, -0.25) is 0 Å². The van der Waals surface area contributed by atoms with Gasteiger partial charge in [-0.15, -0.1) is 0 Å². The summed E-state index contributed by atoms with van der Waals surface area (Å²) in [6, 6.07) is 8.13. The minimum Gasteiger partial charge on any atom is -0.465 e. The Morgan fingerprint density at radius 2 is 1.76 bits per heavy atom. The number of rotatable bonds is 2. The minimum absolute atomic E-state index is 0.123. The van der Waals surface area contributed by atoms with Crippen LogP contribution in [0.25, 0.3) is 0 Å². The van der Waals surface area contributed by atoms with E-state index in [0.29, 0.717) is 5.92 Å². The summed E-state index contributed by atoms with van der Waals surface area (Å²) >= 11 is 0. The predicted molar refractivity (Wildman–Crippen MR) is 67.0 cm³/mol. The van der Waals surface area contributed by atoms with E-state index in [0.717, 1.165) is 31.4 Å². The van der Waals surface area contributed by atoms with E-state index in [9.17, 15) is 4.79 Å². The quantitative estimate of drug-likeness (QED) is 0.688. The van der Waals surface area contributed by atoms with Gasteiger partial charge < -0.3 is 16.2 Å². The molecule has 0 heterocycles. The van der Waals surface area contributed by atoms with Gasteiger partial charge in [0.25, 0.3) is 0 Å². The van der Waals surface area contributed by atoms with Crippen LogP contribution in [0, 0.1) is 0 Å². The molecule has 1 aromatic rings. The Bertz CT molecular complexity index is 381. The van der Waals surface area contributed by atoms with Crippen LogP contribution in [0.1, 0.15) is 37.2 Å². The lowest BCUT2D eigenvalue weighted by Crippen LogP contribution is -2.36. The molecule has 4 heteroatoms. The molecule has 0 radical (unpaired) electrons. The number of benzene rings is 1. The fourth-order valence-corrected chi connectivity index (χ4v) is 2.51. The number of nitrogens with two attached hydrogens (primary N) is 1. The first kappa shape index (κ1) is 11.8. The van der Waals surface area contributed by atoms with Gasteiger partial charge in [-0.1, -0.05) is 12.1 Å². The largest absolute Gasteiger partial charge is 0.465 e. The SMILES string of the molecule is Nc1ccc([C@H]2CC[C@H](NC(=O)O)CC2)cc1. The third-order valence-corrected chi connectivity index (χ3v) is 3.46. The Balaban J connectivity index is 1.90. The zero-order valence-corrected chi connectivity index (χ0v) is 9.73. The van der Waals surface area contributed by atoms with Crippen molar-refractivity contribution in [3.05, 3.63) is 29.8 Å². The van der Waals surface area contributed by atoms with Gasteiger partial charge in [0.1, 0.15) is 0 Å².